The lowest BCUT2D eigenvalue weighted by Gasteiger charge is -2.21. The molecule has 16 N–H and O–H groups in total. The van der Waals surface area contributed by atoms with Crippen molar-refractivity contribution in [3.05, 3.63) is 101 Å². The molecule has 0 radical (unpaired) electrons. The number of primary amides is 1. The van der Waals surface area contributed by atoms with E-state index in [0.717, 1.165) is 6.07 Å². The van der Waals surface area contributed by atoms with Crippen LogP contribution in [0.4, 0.5) is 35.9 Å². The molecule has 0 aromatic heterocycles. The molecular formula is C50H64F3N11O10. The molecule has 0 aliphatic rings. The van der Waals surface area contributed by atoms with Crippen LogP contribution in [0.5, 0.6) is 17.2 Å². The molecule has 4 aromatic carbocycles. The monoisotopic (exact) mass is 1040 g/mol. The Bertz CT molecular complexity index is 2640. The summed E-state index contributed by atoms with van der Waals surface area (Å²) in [6, 6.07) is 11.4. The molecule has 74 heavy (non-hydrogen) atoms. The average molecular weight is 1040 g/mol. The lowest BCUT2D eigenvalue weighted by atomic mass is 10.0. The first-order valence-corrected chi connectivity index (χ1v) is 23.5. The smallest absolute Gasteiger partial charge is 0.416 e. The fraction of sp³-hybridized carbons (Fsp3) is 0.380. The van der Waals surface area contributed by atoms with Crippen LogP contribution in [-0.4, -0.2) is 100 Å². The van der Waals surface area contributed by atoms with E-state index < -0.39 is 76.8 Å². The largest absolute Gasteiger partial charge is 0.496 e. The summed E-state index contributed by atoms with van der Waals surface area (Å²) >= 11 is 0. The second-order valence-electron chi connectivity index (χ2n) is 16.9. The van der Waals surface area contributed by atoms with Gasteiger partial charge in [-0.05, 0) is 150 Å². The Morgan fingerprint density at radius 1 is 0.500 bits per heavy atom. The molecule has 0 heterocycles. The highest BCUT2D eigenvalue weighted by atomic mass is 19.4. The number of unbranched alkanes of at least 4 members (excludes halogenated alkanes) is 3. The Hall–Kier alpha value is -7.96. The molecular weight excluding hydrogens is 972 g/mol. The highest BCUT2D eigenvalue weighted by molar-refractivity contribution is 6.07. The van der Waals surface area contributed by atoms with Crippen LogP contribution >= 0.6 is 0 Å². The van der Waals surface area contributed by atoms with E-state index in [9.17, 15) is 46.7 Å². The van der Waals surface area contributed by atoms with Crippen molar-refractivity contribution in [2.75, 3.05) is 62.6 Å². The maximum atomic E-state index is 14.1. The summed E-state index contributed by atoms with van der Waals surface area (Å²) in [7, 11) is 3.99. The first-order chi connectivity index (χ1) is 35.3. The van der Waals surface area contributed by atoms with Crippen LogP contribution in [0.25, 0.3) is 0 Å². The number of nitrogens with two attached hydrogens (primary N) is 5. The molecule has 0 fully saturated rings. The van der Waals surface area contributed by atoms with Crippen LogP contribution in [0.2, 0.25) is 0 Å². The topological polar surface area (TPSA) is 349 Å². The third-order valence-electron chi connectivity index (χ3n) is 11.4. The Morgan fingerprint density at radius 3 is 1.19 bits per heavy atom. The minimum atomic E-state index is -4.79. The van der Waals surface area contributed by atoms with Gasteiger partial charge in [0.05, 0.1) is 43.6 Å². The number of hydrogen-bond donors (Lipinski definition) is 11. The predicted molar refractivity (Wildman–Crippen MR) is 272 cm³/mol. The Kier molecular flexibility index (Phi) is 22.4. The quantitative estimate of drug-likeness (QED) is 0.0283. The Balaban J connectivity index is 1.55. The highest BCUT2D eigenvalue weighted by Crippen LogP contribution is 2.32. The normalized spacial score (nSPS) is 12.3. The van der Waals surface area contributed by atoms with Crippen molar-refractivity contribution in [2.45, 2.75) is 82.1 Å². The number of rotatable bonds is 28. The number of nitrogen functional groups attached to an aromatic ring is 1. The molecule has 0 aliphatic heterocycles. The predicted octanol–water partition coefficient (Wildman–Crippen LogP) is 4.01. The van der Waals surface area contributed by atoms with Gasteiger partial charge in [0.15, 0.2) is 0 Å². The van der Waals surface area contributed by atoms with Crippen LogP contribution in [0.3, 0.4) is 0 Å². The zero-order chi connectivity index (χ0) is 54.5. The molecule has 0 spiro atoms. The van der Waals surface area contributed by atoms with Crippen molar-refractivity contribution in [1.82, 2.24) is 16.0 Å². The molecule has 0 unspecified atom stereocenters. The van der Waals surface area contributed by atoms with Crippen molar-refractivity contribution in [3.63, 3.8) is 0 Å². The third kappa shape index (κ3) is 17.1. The molecule has 0 saturated heterocycles. The lowest BCUT2D eigenvalue weighted by molar-refractivity contribution is -0.137. The number of amides is 7. The number of ether oxygens (including phenoxy) is 3. The molecule has 0 aliphatic carbocycles. The zero-order valence-electron chi connectivity index (χ0n) is 41.2. The van der Waals surface area contributed by atoms with Gasteiger partial charge in [0, 0.05) is 28.3 Å². The van der Waals surface area contributed by atoms with E-state index in [-0.39, 0.29) is 89.0 Å². The lowest BCUT2D eigenvalue weighted by Crippen LogP contribution is -2.44. The minimum Gasteiger partial charge on any atom is -0.496 e. The number of nitrogens with one attached hydrogen (secondary N) is 6. The SMILES string of the molecule is COc1ccc(NC(=O)[C@H](CCCCN)NC(=O)c2cc(NC(=O)[C@H](CCCCN)NC(=O)c3cc(NC(=O)[C@H](CCCCN)NC(=O)c4cc(N)cc(C(F)(F)F)c4)ccc3OC)ccc2OC)cc1C(N)=O. The average Bonchev–Trinajstić information content (AvgIpc) is 3.37. The van der Waals surface area contributed by atoms with Gasteiger partial charge >= 0.3 is 6.18 Å². The fourth-order valence-electron chi connectivity index (χ4n) is 7.54. The zero-order valence-corrected chi connectivity index (χ0v) is 41.2. The number of carbonyl (C=O) groups excluding carboxylic acids is 7. The molecule has 0 bridgehead atoms. The summed E-state index contributed by atoms with van der Waals surface area (Å²) in [4.78, 5) is 94.7. The molecule has 0 saturated carbocycles. The van der Waals surface area contributed by atoms with Crippen molar-refractivity contribution in [1.29, 1.82) is 0 Å². The number of methoxy groups -OCH3 is 3. The van der Waals surface area contributed by atoms with Crippen molar-refractivity contribution in [2.24, 2.45) is 22.9 Å². The van der Waals surface area contributed by atoms with Gasteiger partial charge < -0.3 is 74.8 Å². The standard InChI is InChI=1S/C50H64F3N11O10/c1-72-40-16-13-31(25-34(40)43(58)65)59-48(70)38(11-5-8-20-55)63-45(67)36-27-33(15-18-42(36)74-3)61-49(71)39(12-6-9-21-56)64-46(68)35-26-32(14-17-41(35)73-2)60-47(69)37(10-4-7-19-54)62-44(66)28-22-29(50(51,52)53)24-30(57)23-28/h13-18,22-27,37-39H,4-12,19-21,54-57H2,1-3H3,(H2,58,65)(H,59,70)(H,60,69)(H,61,71)(H,62,66)(H,63,67)(H,64,68)/t37-,38-,39-/m0/s1. The van der Waals surface area contributed by atoms with E-state index in [1.807, 2.05) is 0 Å². The van der Waals surface area contributed by atoms with Crippen molar-refractivity contribution < 1.29 is 60.9 Å². The molecule has 4 rings (SSSR count). The molecule has 3 atom stereocenters. The van der Waals surface area contributed by atoms with E-state index in [1.165, 1.54) is 75.9 Å². The Morgan fingerprint density at radius 2 is 0.851 bits per heavy atom. The second kappa shape index (κ2) is 28.3. The van der Waals surface area contributed by atoms with Gasteiger partial charge in [-0.25, -0.2) is 0 Å². The maximum Gasteiger partial charge on any atom is 0.416 e. The summed E-state index contributed by atoms with van der Waals surface area (Å²) in [6.45, 7) is 0.887. The summed E-state index contributed by atoms with van der Waals surface area (Å²) < 4.78 is 56.7. The number of alkyl halides is 3. The molecule has 24 heteroatoms. The van der Waals surface area contributed by atoms with Crippen LogP contribution < -0.4 is 74.8 Å². The van der Waals surface area contributed by atoms with Crippen LogP contribution in [0.15, 0.2) is 72.8 Å². The van der Waals surface area contributed by atoms with Gasteiger partial charge in [0.2, 0.25) is 17.7 Å². The van der Waals surface area contributed by atoms with Gasteiger partial charge in [-0.15, -0.1) is 0 Å². The summed E-state index contributed by atoms with van der Waals surface area (Å²) in [5.41, 5.74) is 26.6. The van der Waals surface area contributed by atoms with Crippen LogP contribution in [-0.2, 0) is 20.6 Å². The first-order valence-electron chi connectivity index (χ1n) is 23.5. The Labute approximate surface area is 425 Å². The van der Waals surface area contributed by atoms with E-state index in [0.29, 0.717) is 57.2 Å². The van der Waals surface area contributed by atoms with E-state index in [4.69, 9.17) is 42.9 Å². The van der Waals surface area contributed by atoms with Gasteiger partial charge in [-0.2, -0.15) is 13.2 Å². The van der Waals surface area contributed by atoms with Gasteiger partial charge in [-0.1, -0.05) is 0 Å². The minimum absolute atomic E-state index is 0.0226. The summed E-state index contributed by atoms with van der Waals surface area (Å²) in [5.74, 6) is -5.04. The number of benzene rings is 4. The van der Waals surface area contributed by atoms with Gasteiger partial charge in [-0.3, -0.25) is 33.6 Å². The summed E-state index contributed by atoms with van der Waals surface area (Å²) in [5, 5.41) is 16.0. The molecule has 7 amide bonds. The van der Waals surface area contributed by atoms with Crippen LogP contribution in [0, 0.1) is 0 Å². The molecule has 400 valence electrons. The highest BCUT2D eigenvalue weighted by Gasteiger charge is 2.33. The number of anilines is 4. The van der Waals surface area contributed by atoms with Gasteiger partial charge in [0.25, 0.3) is 23.6 Å². The number of hydrogen-bond acceptors (Lipinski definition) is 14. The first kappa shape index (κ1) is 58.6. The molecule has 21 nitrogen and oxygen atoms in total. The van der Waals surface area contributed by atoms with E-state index in [2.05, 4.69) is 31.9 Å². The molecule has 4 aromatic rings. The van der Waals surface area contributed by atoms with Gasteiger partial charge in [0.1, 0.15) is 35.4 Å². The second-order valence-corrected chi connectivity index (χ2v) is 16.9. The van der Waals surface area contributed by atoms with E-state index >= 15 is 0 Å². The maximum absolute atomic E-state index is 14.1. The summed E-state index contributed by atoms with van der Waals surface area (Å²) in [6.07, 6.45) is -1.75. The number of carbonyl (C=O) groups is 7. The fourth-order valence-corrected chi connectivity index (χ4v) is 7.54. The number of halogens is 3. The van der Waals surface area contributed by atoms with Crippen molar-refractivity contribution >= 4 is 64.1 Å². The third-order valence-corrected chi connectivity index (χ3v) is 11.4. The van der Waals surface area contributed by atoms with Crippen molar-refractivity contribution in [3.8, 4) is 17.2 Å². The van der Waals surface area contributed by atoms with Crippen LogP contribution in [0.1, 0.15) is 105 Å². The van der Waals surface area contributed by atoms with E-state index in [1.54, 1.807) is 0 Å².